The highest BCUT2D eigenvalue weighted by Gasteiger charge is 2.30. The van der Waals surface area contributed by atoms with Crippen LogP contribution in [0.25, 0.3) is 0 Å². The summed E-state index contributed by atoms with van der Waals surface area (Å²) in [6, 6.07) is 8.87. The summed E-state index contributed by atoms with van der Waals surface area (Å²) in [7, 11) is 1.70. The quantitative estimate of drug-likeness (QED) is 0.739. The van der Waals surface area contributed by atoms with Crippen LogP contribution in [0.4, 0.5) is 0 Å². The Morgan fingerprint density at radius 1 is 1.21 bits per heavy atom. The highest BCUT2D eigenvalue weighted by Crippen LogP contribution is 2.28. The molecule has 0 bridgehead atoms. The van der Waals surface area contributed by atoms with Crippen molar-refractivity contribution >= 4 is 5.91 Å². The van der Waals surface area contributed by atoms with Crippen molar-refractivity contribution in [3.8, 4) is 5.75 Å². The van der Waals surface area contributed by atoms with Crippen LogP contribution in [0.5, 0.6) is 5.75 Å². The lowest BCUT2D eigenvalue weighted by molar-refractivity contribution is -0.122. The molecular formula is C22H31N5O2. The van der Waals surface area contributed by atoms with Crippen LogP contribution in [-0.2, 0) is 30.7 Å². The van der Waals surface area contributed by atoms with Gasteiger partial charge in [0.2, 0.25) is 5.91 Å². The SMILES string of the molecule is COc1ccc(CCC(C)N2CCc3nnc(CNC(=O)C4CC4)n3CC2)cc1. The van der Waals surface area contributed by atoms with E-state index in [1.165, 1.54) is 5.56 Å². The minimum absolute atomic E-state index is 0.157. The van der Waals surface area contributed by atoms with E-state index in [-0.39, 0.29) is 11.8 Å². The number of carbonyl (C=O) groups is 1. The van der Waals surface area contributed by atoms with E-state index in [1.54, 1.807) is 7.11 Å². The molecule has 1 fully saturated rings. The lowest BCUT2D eigenvalue weighted by Gasteiger charge is -2.27. The lowest BCUT2D eigenvalue weighted by Crippen LogP contribution is -2.36. The van der Waals surface area contributed by atoms with E-state index in [2.05, 4.69) is 44.0 Å². The lowest BCUT2D eigenvalue weighted by atomic mass is 10.0. The Kier molecular flexibility index (Phi) is 6.13. The fourth-order valence-electron chi connectivity index (χ4n) is 3.98. The molecular weight excluding hydrogens is 366 g/mol. The number of nitrogens with zero attached hydrogens (tertiary/aromatic N) is 4. The van der Waals surface area contributed by atoms with E-state index in [4.69, 9.17) is 4.74 Å². The summed E-state index contributed by atoms with van der Waals surface area (Å²) in [6.45, 7) is 5.65. The first-order valence-corrected chi connectivity index (χ1v) is 10.7. The number of rotatable bonds is 8. The van der Waals surface area contributed by atoms with Crippen molar-refractivity contribution in [2.24, 2.45) is 5.92 Å². The molecule has 1 unspecified atom stereocenters. The maximum Gasteiger partial charge on any atom is 0.223 e. The van der Waals surface area contributed by atoms with Crippen molar-refractivity contribution in [3.63, 3.8) is 0 Å². The van der Waals surface area contributed by atoms with Gasteiger partial charge in [-0.05, 0) is 50.3 Å². The van der Waals surface area contributed by atoms with Gasteiger partial charge < -0.3 is 14.6 Å². The summed E-state index contributed by atoms with van der Waals surface area (Å²) < 4.78 is 7.43. The molecule has 2 heterocycles. The minimum atomic E-state index is 0.157. The summed E-state index contributed by atoms with van der Waals surface area (Å²) in [5.74, 6) is 3.20. The van der Waals surface area contributed by atoms with Crippen molar-refractivity contribution in [1.82, 2.24) is 25.0 Å². The Morgan fingerprint density at radius 3 is 2.72 bits per heavy atom. The number of aromatic nitrogens is 3. The van der Waals surface area contributed by atoms with Crippen LogP contribution in [0.15, 0.2) is 24.3 Å². The van der Waals surface area contributed by atoms with E-state index in [1.807, 2.05) is 12.1 Å². The summed E-state index contributed by atoms with van der Waals surface area (Å²) >= 11 is 0. The molecule has 1 aliphatic heterocycles. The third-order valence-corrected chi connectivity index (χ3v) is 6.14. The molecule has 0 radical (unpaired) electrons. The summed E-state index contributed by atoms with van der Waals surface area (Å²) in [4.78, 5) is 14.5. The number of carbonyl (C=O) groups excluding carboxylic acids is 1. The maximum atomic E-state index is 11.9. The molecule has 1 amide bonds. The van der Waals surface area contributed by atoms with Gasteiger partial charge in [0.25, 0.3) is 0 Å². The summed E-state index contributed by atoms with van der Waals surface area (Å²) in [6.07, 6.45) is 5.13. The molecule has 0 spiro atoms. The molecule has 0 saturated heterocycles. The predicted octanol–water partition coefficient (Wildman–Crippen LogP) is 2.19. The monoisotopic (exact) mass is 397 g/mol. The van der Waals surface area contributed by atoms with Gasteiger partial charge >= 0.3 is 0 Å². The van der Waals surface area contributed by atoms with Crippen LogP contribution in [-0.4, -0.2) is 51.8 Å². The highest BCUT2D eigenvalue weighted by molar-refractivity contribution is 5.80. The van der Waals surface area contributed by atoms with Gasteiger partial charge in [0.05, 0.1) is 13.7 Å². The number of methoxy groups -OCH3 is 1. The van der Waals surface area contributed by atoms with Crippen molar-refractivity contribution in [1.29, 1.82) is 0 Å². The van der Waals surface area contributed by atoms with Crippen molar-refractivity contribution in [3.05, 3.63) is 41.5 Å². The Bertz CT molecular complexity index is 828. The molecule has 7 nitrogen and oxygen atoms in total. The Labute approximate surface area is 172 Å². The molecule has 2 aliphatic rings. The third-order valence-electron chi connectivity index (χ3n) is 6.14. The van der Waals surface area contributed by atoms with Crippen LogP contribution in [0.3, 0.4) is 0 Å². The molecule has 1 aliphatic carbocycles. The molecule has 1 N–H and O–H groups in total. The second-order valence-electron chi connectivity index (χ2n) is 8.20. The first kappa shape index (κ1) is 19.9. The molecule has 7 heteroatoms. The summed E-state index contributed by atoms with van der Waals surface area (Å²) in [5, 5.41) is 11.7. The fourth-order valence-corrected chi connectivity index (χ4v) is 3.98. The highest BCUT2D eigenvalue weighted by atomic mass is 16.5. The van der Waals surface area contributed by atoms with Crippen molar-refractivity contribution in [2.45, 2.75) is 58.2 Å². The largest absolute Gasteiger partial charge is 0.497 e. The Morgan fingerprint density at radius 2 is 2.00 bits per heavy atom. The van der Waals surface area contributed by atoms with Crippen LogP contribution in [0.2, 0.25) is 0 Å². The van der Waals surface area contributed by atoms with E-state index >= 15 is 0 Å². The Hall–Kier alpha value is -2.41. The fraction of sp³-hybridized carbons (Fsp3) is 0.591. The second-order valence-corrected chi connectivity index (χ2v) is 8.20. The smallest absolute Gasteiger partial charge is 0.223 e. The topological polar surface area (TPSA) is 72.3 Å². The number of benzene rings is 1. The average molecular weight is 398 g/mol. The minimum Gasteiger partial charge on any atom is -0.497 e. The maximum absolute atomic E-state index is 11.9. The zero-order valence-corrected chi connectivity index (χ0v) is 17.4. The van der Waals surface area contributed by atoms with Gasteiger partial charge in [0, 0.05) is 38.0 Å². The second kappa shape index (κ2) is 8.95. The number of ether oxygens (including phenoxy) is 1. The van der Waals surface area contributed by atoms with Gasteiger partial charge in [-0.25, -0.2) is 0 Å². The molecule has 1 saturated carbocycles. The van der Waals surface area contributed by atoms with Crippen molar-refractivity contribution < 1.29 is 9.53 Å². The van der Waals surface area contributed by atoms with Gasteiger partial charge in [-0.15, -0.1) is 10.2 Å². The van der Waals surface area contributed by atoms with E-state index in [9.17, 15) is 4.79 Å². The molecule has 1 atom stereocenters. The average Bonchev–Trinajstić information content (AvgIpc) is 3.56. The van der Waals surface area contributed by atoms with Gasteiger partial charge in [-0.1, -0.05) is 12.1 Å². The molecule has 156 valence electrons. The van der Waals surface area contributed by atoms with Crippen LogP contribution in [0.1, 0.15) is 43.4 Å². The van der Waals surface area contributed by atoms with Crippen LogP contribution >= 0.6 is 0 Å². The molecule has 4 rings (SSSR count). The van der Waals surface area contributed by atoms with E-state index < -0.39 is 0 Å². The third kappa shape index (κ3) is 4.96. The van der Waals surface area contributed by atoms with Crippen molar-refractivity contribution in [2.75, 3.05) is 20.2 Å². The van der Waals surface area contributed by atoms with Crippen LogP contribution in [0, 0.1) is 5.92 Å². The first-order valence-electron chi connectivity index (χ1n) is 10.7. The number of amides is 1. The number of hydrogen-bond acceptors (Lipinski definition) is 5. The van der Waals surface area contributed by atoms with E-state index in [0.29, 0.717) is 12.6 Å². The molecule has 1 aromatic heterocycles. The zero-order valence-electron chi connectivity index (χ0n) is 17.4. The van der Waals surface area contributed by atoms with Gasteiger partial charge in [0.15, 0.2) is 5.82 Å². The standard InChI is InChI=1S/C22H31N5O2/c1-16(3-4-17-5-9-19(29-2)10-6-17)26-12-11-20-24-25-21(27(20)14-13-26)15-23-22(28)18-7-8-18/h5-6,9-10,16,18H,3-4,7-8,11-15H2,1-2H3,(H,23,28). The number of aryl methyl sites for hydroxylation is 1. The molecule has 1 aromatic carbocycles. The number of fused-ring (bicyclic) bond motifs is 1. The normalized spacial score (nSPS) is 18.0. The summed E-state index contributed by atoms with van der Waals surface area (Å²) in [5.41, 5.74) is 1.35. The number of nitrogens with one attached hydrogen (secondary N) is 1. The van der Waals surface area contributed by atoms with Crippen LogP contribution < -0.4 is 10.1 Å². The van der Waals surface area contributed by atoms with E-state index in [0.717, 1.165) is 69.1 Å². The first-order chi connectivity index (χ1) is 14.1. The van der Waals surface area contributed by atoms with Gasteiger partial charge in [-0.2, -0.15) is 0 Å². The number of hydrogen-bond donors (Lipinski definition) is 1. The van der Waals surface area contributed by atoms with Gasteiger partial charge in [0.1, 0.15) is 11.6 Å². The zero-order chi connectivity index (χ0) is 20.2. The molecule has 29 heavy (non-hydrogen) atoms. The molecule has 2 aromatic rings. The van der Waals surface area contributed by atoms with Gasteiger partial charge in [-0.3, -0.25) is 9.69 Å². The predicted molar refractivity (Wildman–Crippen MR) is 111 cm³/mol. The Balaban J connectivity index is 1.28.